The van der Waals surface area contributed by atoms with Crippen LogP contribution >= 0.6 is 11.5 Å². The van der Waals surface area contributed by atoms with Crippen molar-refractivity contribution in [2.45, 2.75) is 26.2 Å². The number of nitrogens with zero attached hydrogens (tertiary/aromatic N) is 2. The molecule has 0 saturated heterocycles. The van der Waals surface area contributed by atoms with Crippen molar-refractivity contribution in [1.82, 2.24) is 9.59 Å². The lowest BCUT2D eigenvalue weighted by atomic mass is 10.00. The molecule has 0 aliphatic carbocycles. The third-order valence-electron chi connectivity index (χ3n) is 2.66. The van der Waals surface area contributed by atoms with E-state index in [9.17, 15) is 4.79 Å². The summed E-state index contributed by atoms with van der Waals surface area (Å²) in [5, 5.41) is 5.46. The molecule has 1 aromatic heterocycles. The first kappa shape index (κ1) is 11.9. The minimum Gasteiger partial charge on any atom is -0.292 e. The van der Waals surface area contributed by atoms with Crippen molar-refractivity contribution >= 4 is 17.3 Å². The van der Waals surface area contributed by atoms with Crippen LogP contribution in [0.2, 0.25) is 0 Å². The number of benzene rings is 1. The van der Waals surface area contributed by atoms with E-state index in [0.29, 0.717) is 18.0 Å². The highest BCUT2D eigenvalue weighted by atomic mass is 32.1. The van der Waals surface area contributed by atoms with Gasteiger partial charge in [-0.15, -0.1) is 5.10 Å². The maximum Gasteiger partial charge on any atom is 0.188 e. The quantitative estimate of drug-likeness (QED) is 0.778. The number of Topliss-reactive ketones (excluding diaryl/α,β-unsaturated/α-hetero) is 1. The van der Waals surface area contributed by atoms with Gasteiger partial charge >= 0.3 is 0 Å². The van der Waals surface area contributed by atoms with Gasteiger partial charge in [-0.2, -0.15) is 0 Å². The number of carbonyl (C=O) groups excluding carboxylic acids is 1. The van der Waals surface area contributed by atoms with Crippen LogP contribution in [-0.4, -0.2) is 15.4 Å². The molecular formula is C13H14N2OS. The third-order valence-corrected chi connectivity index (χ3v) is 3.16. The predicted octanol–water partition coefficient (Wildman–Crippen LogP) is 3.09. The molecule has 4 heteroatoms. The van der Waals surface area contributed by atoms with Crippen molar-refractivity contribution in [3.63, 3.8) is 0 Å². The molecular weight excluding hydrogens is 232 g/mol. The second-order valence-corrected chi connectivity index (χ2v) is 4.90. The summed E-state index contributed by atoms with van der Waals surface area (Å²) >= 11 is 1.20. The lowest BCUT2D eigenvalue weighted by Gasteiger charge is -2.05. The van der Waals surface area contributed by atoms with Gasteiger partial charge in [0.2, 0.25) is 0 Å². The zero-order valence-corrected chi connectivity index (χ0v) is 10.7. The summed E-state index contributed by atoms with van der Waals surface area (Å²) in [7, 11) is 0. The minimum absolute atomic E-state index is 0.0241. The molecule has 2 aromatic rings. The fraction of sp³-hybridized carbons (Fsp3) is 0.308. The molecule has 1 heterocycles. The standard InChI is InChI=1S/C13H14N2OS/c1-9(2)11-5-3-10(4-6-11)7-13(16)12-8-17-15-14-12/h3-6,8-9H,7H2,1-2H3. The summed E-state index contributed by atoms with van der Waals surface area (Å²) in [5.41, 5.74) is 2.77. The van der Waals surface area contributed by atoms with Gasteiger partial charge in [0.25, 0.3) is 0 Å². The highest BCUT2D eigenvalue weighted by Gasteiger charge is 2.10. The summed E-state index contributed by atoms with van der Waals surface area (Å²) < 4.78 is 3.69. The van der Waals surface area contributed by atoms with Crippen molar-refractivity contribution in [2.24, 2.45) is 0 Å². The number of ketones is 1. The Labute approximate surface area is 105 Å². The van der Waals surface area contributed by atoms with Crippen LogP contribution < -0.4 is 0 Å². The van der Waals surface area contributed by atoms with Crippen LogP contribution in [0.15, 0.2) is 29.6 Å². The zero-order valence-electron chi connectivity index (χ0n) is 9.88. The lowest BCUT2D eigenvalue weighted by molar-refractivity contribution is 0.0988. The first-order chi connectivity index (χ1) is 8.16. The monoisotopic (exact) mass is 246 g/mol. The molecule has 2 rings (SSSR count). The molecule has 0 unspecified atom stereocenters. The second-order valence-electron chi connectivity index (χ2n) is 4.29. The average molecular weight is 246 g/mol. The van der Waals surface area contributed by atoms with Crippen LogP contribution in [-0.2, 0) is 6.42 Å². The van der Waals surface area contributed by atoms with E-state index in [1.807, 2.05) is 12.1 Å². The van der Waals surface area contributed by atoms with E-state index >= 15 is 0 Å². The van der Waals surface area contributed by atoms with Gasteiger partial charge in [-0.05, 0) is 28.6 Å². The summed E-state index contributed by atoms with van der Waals surface area (Å²) in [6.07, 6.45) is 0.393. The maximum absolute atomic E-state index is 11.8. The van der Waals surface area contributed by atoms with Crippen LogP contribution in [0.3, 0.4) is 0 Å². The van der Waals surface area contributed by atoms with E-state index in [1.54, 1.807) is 5.38 Å². The average Bonchev–Trinajstić information content (AvgIpc) is 2.83. The van der Waals surface area contributed by atoms with Crippen LogP contribution in [0.5, 0.6) is 0 Å². The molecule has 3 nitrogen and oxygen atoms in total. The van der Waals surface area contributed by atoms with E-state index in [0.717, 1.165) is 5.56 Å². The third kappa shape index (κ3) is 2.97. The Balaban J connectivity index is 2.07. The Bertz CT molecular complexity index is 489. The van der Waals surface area contributed by atoms with Crippen molar-refractivity contribution in [1.29, 1.82) is 0 Å². The van der Waals surface area contributed by atoms with Crippen molar-refractivity contribution in [2.75, 3.05) is 0 Å². The smallest absolute Gasteiger partial charge is 0.188 e. The molecule has 0 bridgehead atoms. The summed E-state index contributed by atoms with van der Waals surface area (Å²) in [4.78, 5) is 11.8. The van der Waals surface area contributed by atoms with E-state index < -0.39 is 0 Å². The molecule has 0 aliphatic heterocycles. The molecule has 0 saturated carbocycles. The van der Waals surface area contributed by atoms with Gasteiger partial charge in [-0.3, -0.25) is 4.79 Å². The van der Waals surface area contributed by atoms with Crippen molar-refractivity contribution in [3.05, 3.63) is 46.5 Å². The highest BCUT2D eigenvalue weighted by molar-refractivity contribution is 7.03. The van der Waals surface area contributed by atoms with Gasteiger partial charge in [-0.1, -0.05) is 42.6 Å². The van der Waals surface area contributed by atoms with E-state index in [1.165, 1.54) is 17.1 Å². The number of hydrogen-bond acceptors (Lipinski definition) is 4. The van der Waals surface area contributed by atoms with Gasteiger partial charge in [0.05, 0.1) is 0 Å². The number of aromatic nitrogens is 2. The molecule has 88 valence electrons. The van der Waals surface area contributed by atoms with Crippen LogP contribution in [0, 0.1) is 0 Å². The number of hydrogen-bond donors (Lipinski definition) is 0. The zero-order chi connectivity index (χ0) is 12.3. The Morgan fingerprint density at radius 3 is 2.53 bits per heavy atom. The molecule has 0 spiro atoms. The van der Waals surface area contributed by atoms with Gasteiger partial charge < -0.3 is 0 Å². The SMILES string of the molecule is CC(C)c1ccc(CC(=O)c2csnn2)cc1. The first-order valence-corrected chi connectivity index (χ1v) is 6.39. The fourth-order valence-electron chi connectivity index (χ4n) is 1.58. The lowest BCUT2D eigenvalue weighted by Crippen LogP contribution is -2.04. The summed E-state index contributed by atoms with van der Waals surface area (Å²) in [6.45, 7) is 4.31. The molecule has 0 N–H and O–H groups in total. The van der Waals surface area contributed by atoms with E-state index in [2.05, 4.69) is 35.6 Å². The Hall–Kier alpha value is -1.55. The molecule has 0 fully saturated rings. The van der Waals surface area contributed by atoms with Gasteiger partial charge in [0, 0.05) is 11.8 Å². The van der Waals surface area contributed by atoms with E-state index in [-0.39, 0.29) is 5.78 Å². The maximum atomic E-state index is 11.8. The second kappa shape index (κ2) is 5.19. The summed E-state index contributed by atoms with van der Waals surface area (Å²) in [6, 6.07) is 8.17. The number of rotatable bonds is 4. The van der Waals surface area contributed by atoms with Crippen molar-refractivity contribution < 1.29 is 4.79 Å². The molecule has 0 atom stereocenters. The highest BCUT2D eigenvalue weighted by Crippen LogP contribution is 2.15. The topological polar surface area (TPSA) is 42.9 Å². The molecule has 0 aliphatic rings. The largest absolute Gasteiger partial charge is 0.292 e. The molecule has 0 amide bonds. The van der Waals surface area contributed by atoms with Crippen LogP contribution in [0.1, 0.15) is 41.4 Å². The van der Waals surface area contributed by atoms with Crippen LogP contribution in [0.25, 0.3) is 0 Å². The summed E-state index contributed by atoms with van der Waals surface area (Å²) in [5.74, 6) is 0.540. The first-order valence-electron chi connectivity index (χ1n) is 5.56. The minimum atomic E-state index is 0.0241. The Morgan fingerprint density at radius 2 is 2.00 bits per heavy atom. The molecule has 17 heavy (non-hydrogen) atoms. The van der Waals surface area contributed by atoms with Gasteiger partial charge in [0.1, 0.15) is 5.69 Å². The predicted molar refractivity (Wildman–Crippen MR) is 68.5 cm³/mol. The van der Waals surface area contributed by atoms with Crippen molar-refractivity contribution in [3.8, 4) is 0 Å². The normalized spacial score (nSPS) is 10.8. The Morgan fingerprint density at radius 1 is 1.29 bits per heavy atom. The van der Waals surface area contributed by atoms with E-state index in [4.69, 9.17) is 0 Å². The fourth-order valence-corrected chi connectivity index (χ4v) is 2.04. The number of carbonyl (C=O) groups is 1. The van der Waals surface area contributed by atoms with Gasteiger partial charge in [0.15, 0.2) is 5.78 Å². The van der Waals surface area contributed by atoms with Gasteiger partial charge in [-0.25, -0.2) is 0 Å². The molecule has 1 aromatic carbocycles. The van der Waals surface area contributed by atoms with Crippen LogP contribution in [0.4, 0.5) is 0 Å². The molecule has 0 radical (unpaired) electrons. The Kier molecular flexibility index (Phi) is 3.64.